The minimum Gasteiger partial charge on any atom is -0.394 e. The van der Waals surface area contributed by atoms with E-state index >= 15 is 0 Å². The average Bonchev–Trinajstić information content (AvgIpc) is 2.81. The number of hydrogen-bond donors (Lipinski definition) is 4. The minimum absolute atomic E-state index is 0.0990. The number of hydrogen-bond acceptors (Lipinski definition) is 6. The van der Waals surface area contributed by atoms with Crippen molar-refractivity contribution in [2.75, 3.05) is 17.3 Å². The van der Waals surface area contributed by atoms with Gasteiger partial charge < -0.3 is 20.2 Å². The van der Waals surface area contributed by atoms with Crippen LogP contribution < -0.4 is 16.6 Å². The molecule has 0 unspecified atom stereocenters. The molecule has 96 valence electrons. The van der Waals surface area contributed by atoms with E-state index in [2.05, 4.69) is 20.7 Å². The molecule has 5 N–H and O–H groups in total. The molecule has 2 heterocycles. The van der Waals surface area contributed by atoms with Gasteiger partial charge in [-0.1, -0.05) is 0 Å². The molecule has 0 aliphatic heterocycles. The molecule has 2 aromatic rings. The summed E-state index contributed by atoms with van der Waals surface area (Å²) in [6.45, 7) is 0.0990. The summed E-state index contributed by atoms with van der Waals surface area (Å²) in [4.78, 5) is 8.62. The number of hydrazine groups is 1. The maximum atomic E-state index is 9.49. The van der Waals surface area contributed by atoms with Gasteiger partial charge in [-0.15, -0.1) is 0 Å². The Morgan fingerprint density at radius 1 is 1.50 bits per heavy atom. The fraction of sp³-hybridized carbons (Fsp3) is 0.455. The van der Waals surface area contributed by atoms with Gasteiger partial charge in [0.25, 0.3) is 0 Å². The van der Waals surface area contributed by atoms with Crippen molar-refractivity contribution in [3.05, 3.63) is 18.6 Å². The van der Waals surface area contributed by atoms with E-state index in [1.54, 1.807) is 12.4 Å². The Morgan fingerprint density at radius 3 is 2.94 bits per heavy atom. The summed E-state index contributed by atoms with van der Waals surface area (Å²) < 4.78 is 1.84. The third-order valence-electron chi connectivity index (χ3n) is 3.52. The van der Waals surface area contributed by atoms with Crippen molar-refractivity contribution in [3.8, 4) is 0 Å². The topological polar surface area (TPSA) is 100 Å². The zero-order valence-corrected chi connectivity index (χ0v) is 9.93. The van der Waals surface area contributed by atoms with Gasteiger partial charge >= 0.3 is 0 Å². The Hall–Kier alpha value is -1.86. The monoisotopic (exact) mass is 248 g/mol. The molecular weight excluding hydrogens is 232 g/mol. The number of anilines is 2. The number of rotatable bonds is 4. The van der Waals surface area contributed by atoms with E-state index in [-0.39, 0.29) is 12.1 Å². The lowest BCUT2D eigenvalue weighted by atomic mass is 9.77. The summed E-state index contributed by atoms with van der Waals surface area (Å²) in [6, 6.07) is 0. The second kappa shape index (κ2) is 4.11. The van der Waals surface area contributed by atoms with E-state index in [1.165, 1.54) is 0 Å². The summed E-state index contributed by atoms with van der Waals surface area (Å²) >= 11 is 0. The smallest absolute Gasteiger partial charge is 0.180 e. The molecule has 1 saturated carbocycles. The van der Waals surface area contributed by atoms with Crippen molar-refractivity contribution in [2.45, 2.75) is 24.8 Å². The molecule has 18 heavy (non-hydrogen) atoms. The first-order valence-electron chi connectivity index (χ1n) is 5.96. The number of nitrogen functional groups attached to an aromatic ring is 1. The van der Waals surface area contributed by atoms with Gasteiger partial charge in [0.15, 0.2) is 17.3 Å². The fourth-order valence-corrected chi connectivity index (χ4v) is 2.26. The summed E-state index contributed by atoms with van der Waals surface area (Å²) in [5.41, 5.74) is 3.00. The van der Waals surface area contributed by atoms with Gasteiger partial charge in [-0.25, -0.2) is 15.8 Å². The van der Waals surface area contributed by atoms with Crippen molar-refractivity contribution in [1.82, 2.24) is 14.4 Å². The summed E-state index contributed by atoms with van der Waals surface area (Å²) in [5.74, 6) is 6.59. The molecule has 2 aromatic heterocycles. The standard InChI is InChI=1S/C11H16N6O/c12-16-8-6-17-5-4-13-10(17)9(14-8)15-11(7-18)2-1-3-11/h4-6,16,18H,1-3,7,12H2,(H,14,15). The zero-order chi connectivity index (χ0) is 12.6. The lowest BCUT2D eigenvalue weighted by Crippen LogP contribution is -2.48. The number of imidazole rings is 1. The van der Waals surface area contributed by atoms with Gasteiger partial charge in [0.2, 0.25) is 0 Å². The molecular formula is C11H16N6O. The molecule has 1 aliphatic rings. The van der Waals surface area contributed by atoms with Gasteiger partial charge in [-0.05, 0) is 19.3 Å². The predicted molar refractivity (Wildman–Crippen MR) is 68.1 cm³/mol. The lowest BCUT2D eigenvalue weighted by Gasteiger charge is -2.41. The van der Waals surface area contributed by atoms with Crippen LogP contribution in [0.2, 0.25) is 0 Å². The molecule has 0 radical (unpaired) electrons. The number of nitrogens with one attached hydrogen (secondary N) is 2. The lowest BCUT2D eigenvalue weighted by molar-refractivity contribution is 0.144. The first kappa shape index (κ1) is 11.2. The Kier molecular flexibility index (Phi) is 2.57. The van der Waals surface area contributed by atoms with E-state index in [1.807, 2.05) is 10.6 Å². The molecule has 7 heteroatoms. The molecule has 0 aromatic carbocycles. The Labute approximate surface area is 104 Å². The summed E-state index contributed by atoms with van der Waals surface area (Å²) in [7, 11) is 0. The largest absolute Gasteiger partial charge is 0.394 e. The molecule has 0 atom stereocenters. The first-order chi connectivity index (χ1) is 8.76. The van der Waals surface area contributed by atoms with E-state index in [4.69, 9.17) is 5.84 Å². The number of aliphatic hydroxyl groups excluding tert-OH is 1. The van der Waals surface area contributed by atoms with Crippen molar-refractivity contribution >= 4 is 17.3 Å². The van der Waals surface area contributed by atoms with Crippen LogP contribution in [0.5, 0.6) is 0 Å². The van der Waals surface area contributed by atoms with Crippen LogP contribution in [-0.4, -0.2) is 31.6 Å². The van der Waals surface area contributed by atoms with Crippen molar-refractivity contribution in [1.29, 1.82) is 0 Å². The molecule has 1 fully saturated rings. The molecule has 0 spiro atoms. The van der Waals surface area contributed by atoms with Crippen molar-refractivity contribution < 1.29 is 5.11 Å². The maximum Gasteiger partial charge on any atom is 0.180 e. The SMILES string of the molecule is NNc1cn2ccnc2c(NC2(CO)CCC2)n1. The van der Waals surface area contributed by atoms with Crippen LogP contribution in [-0.2, 0) is 0 Å². The molecule has 7 nitrogen and oxygen atoms in total. The predicted octanol–water partition coefficient (Wildman–Crippen LogP) is 0.342. The highest BCUT2D eigenvalue weighted by atomic mass is 16.3. The molecule has 3 rings (SSSR count). The number of aromatic nitrogens is 3. The Morgan fingerprint density at radius 2 is 2.33 bits per heavy atom. The highest BCUT2D eigenvalue weighted by Crippen LogP contribution is 2.35. The number of nitrogens with zero attached hydrogens (tertiary/aromatic N) is 3. The zero-order valence-electron chi connectivity index (χ0n) is 9.93. The van der Waals surface area contributed by atoms with Crippen LogP contribution >= 0.6 is 0 Å². The Balaban J connectivity index is 2.01. The quantitative estimate of drug-likeness (QED) is 0.460. The maximum absolute atomic E-state index is 9.49. The van der Waals surface area contributed by atoms with Gasteiger partial charge in [0.05, 0.1) is 18.3 Å². The highest BCUT2D eigenvalue weighted by Gasteiger charge is 2.37. The first-order valence-corrected chi connectivity index (χ1v) is 5.96. The van der Waals surface area contributed by atoms with E-state index in [0.717, 1.165) is 24.9 Å². The number of fused-ring (bicyclic) bond motifs is 1. The van der Waals surface area contributed by atoms with Crippen LogP contribution in [0.15, 0.2) is 18.6 Å². The van der Waals surface area contributed by atoms with Crippen LogP contribution in [0.25, 0.3) is 5.65 Å². The fourth-order valence-electron chi connectivity index (χ4n) is 2.26. The van der Waals surface area contributed by atoms with E-state index in [0.29, 0.717) is 11.6 Å². The third kappa shape index (κ3) is 1.68. The Bertz CT molecular complexity index is 556. The van der Waals surface area contributed by atoms with Gasteiger partial charge in [0.1, 0.15) is 0 Å². The van der Waals surface area contributed by atoms with Crippen LogP contribution in [0.3, 0.4) is 0 Å². The highest BCUT2D eigenvalue weighted by molar-refractivity contribution is 5.66. The van der Waals surface area contributed by atoms with E-state index < -0.39 is 0 Å². The molecule has 0 bridgehead atoms. The second-order valence-corrected chi connectivity index (χ2v) is 4.69. The normalized spacial score (nSPS) is 17.4. The van der Waals surface area contributed by atoms with Gasteiger partial charge in [0, 0.05) is 12.4 Å². The summed E-state index contributed by atoms with van der Waals surface area (Å²) in [5, 5.41) is 12.8. The van der Waals surface area contributed by atoms with E-state index in [9.17, 15) is 5.11 Å². The number of nitrogens with two attached hydrogens (primary N) is 1. The van der Waals surface area contributed by atoms with Crippen molar-refractivity contribution in [3.63, 3.8) is 0 Å². The van der Waals surface area contributed by atoms with Crippen molar-refractivity contribution in [2.24, 2.45) is 5.84 Å². The van der Waals surface area contributed by atoms with Crippen LogP contribution in [0, 0.1) is 0 Å². The van der Waals surface area contributed by atoms with Crippen LogP contribution in [0.4, 0.5) is 11.6 Å². The number of aliphatic hydroxyl groups is 1. The van der Waals surface area contributed by atoms with Gasteiger partial charge in [-0.2, -0.15) is 0 Å². The molecule has 0 saturated heterocycles. The third-order valence-corrected chi connectivity index (χ3v) is 3.52. The van der Waals surface area contributed by atoms with Crippen LogP contribution in [0.1, 0.15) is 19.3 Å². The average molecular weight is 248 g/mol. The minimum atomic E-state index is -0.257. The molecule has 0 amide bonds. The second-order valence-electron chi connectivity index (χ2n) is 4.69. The molecule has 1 aliphatic carbocycles. The summed E-state index contributed by atoms with van der Waals surface area (Å²) in [6.07, 6.45) is 8.30. The van der Waals surface area contributed by atoms with Gasteiger partial charge in [-0.3, -0.25) is 0 Å².